The van der Waals surface area contributed by atoms with E-state index in [-0.39, 0.29) is 11.6 Å². The molecule has 0 amide bonds. The molecule has 0 aliphatic rings. The van der Waals surface area contributed by atoms with Crippen molar-refractivity contribution in [3.63, 3.8) is 0 Å². The summed E-state index contributed by atoms with van der Waals surface area (Å²) in [4.78, 5) is 10.8. The van der Waals surface area contributed by atoms with Crippen LogP contribution >= 0.6 is 0 Å². The Morgan fingerprint density at radius 3 is 2.84 bits per heavy atom. The summed E-state index contributed by atoms with van der Waals surface area (Å²) in [6.07, 6.45) is 0. The van der Waals surface area contributed by atoms with Crippen LogP contribution in [0, 0.1) is 5.82 Å². The van der Waals surface area contributed by atoms with Gasteiger partial charge in [0, 0.05) is 18.5 Å². The fourth-order valence-electron chi connectivity index (χ4n) is 2.05. The number of aromatic carboxylic acids is 1. The highest BCUT2D eigenvalue weighted by atomic mass is 19.1. The third-order valence-electron chi connectivity index (χ3n) is 2.99. The number of nitrogens with zero attached hydrogens (tertiary/aromatic N) is 2. The molecule has 0 atom stereocenters. The predicted molar refractivity (Wildman–Crippen MR) is 65.3 cm³/mol. The van der Waals surface area contributed by atoms with Gasteiger partial charge in [0.05, 0.1) is 11.2 Å². The largest absolute Gasteiger partial charge is 0.475 e. The van der Waals surface area contributed by atoms with E-state index in [0.29, 0.717) is 16.9 Å². The number of carbonyl (C=O) groups is 1. The van der Waals surface area contributed by atoms with Crippen molar-refractivity contribution in [2.45, 2.75) is 0 Å². The zero-order chi connectivity index (χ0) is 13.6. The van der Waals surface area contributed by atoms with E-state index in [1.807, 2.05) is 0 Å². The maximum absolute atomic E-state index is 13.2. The topological polar surface area (TPSA) is 68.3 Å². The molecule has 0 aliphatic carbocycles. The molecule has 0 radical (unpaired) electrons. The molecule has 0 fully saturated rings. The fraction of sp³-hybridized carbons (Fsp3) is 0.0769. The molecule has 3 aromatic rings. The van der Waals surface area contributed by atoms with Crippen LogP contribution in [0.1, 0.15) is 10.6 Å². The molecule has 19 heavy (non-hydrogen) atoms. The molecular formula is C13H9FN2O3. The molecule has 6 heteroatoms. The van der Waals surface area contributed by atoms with E-state index in [9.17, 15) is 9.18 Å². The van der Waals surface area contributed by atoms with Crippen LogP contribution in [-0.2, 0) is 7.05 Å². The minimum absolute atomic E-state index is 0.230. The van der Waals surface area contributed by atoms with Crippen molar-refractivity contribution in [2.75, 3.05) is 0 Å². The van der Waals surface area contributed by atoms with Gasteiger partial charge in [-0.2, -0.15) is 0 Å². The molecule has 0 spiro atoms. The van der Waals surface area contributed by atoms with Gasteiger partial charge >= 0.3 is 5.97 Å². The van der Waals surface area contributed by atoms with Crippen LogP contribution in [0.3, 0.4) is 0 Å². The Labute approximate surface area is 106 Å². The highest BCUT2D eigenvalue weighted by molar-refractivity contribution is 5.88. The number of rotatable bonds is 2. The van der Waals surface area contributed by atoms with Gasteiger partial charge in [-0.05, 0) is 24.3 Å². The van der Waals surface area contributed by atoms with Crippen molar-refractivity contribution < 1.29 is 18.8 Å². The van der Waals surface area contributed by atoms with Crippen molar-refractivity contribution >= 4 is 16.9 Å². The lowest BCUT2D eigenvalue weighted by Gasteiger charge is -1.99. The van der Waals surface area contributed by atoms with Gasteiger partial charge in [-0.15, -0.1) is 0 Å². The number of fused-ring (bicyclic) bond motifs is 1. The van der Waals surface area contributed by atoms with E-state index >= 15 is 0 Å². The van der Waals surface area contributed by atoms with Gasteiger partial charge in [0.1, 0.15) is 11.5 Å². The number of halogens is 1. The first-order valence-corrected chi connectivity index (χ1v) is 5.51. The van der Waals surface area contributed by atoms with Crippen molar-refractivity contribution in [3.05, 3.63) is 41.9 Å². The average molecular weight is 260 g/mol. The Bertz CT molecular complexity index is 788. The lowest BCUT2D eigenvalue weighted by atomic mass is 10.2. The molecule has 96 valence electrons. The Morgan fingerprint density at radius 1 is 1.37 bits per heavy atom. The third-order valence-corrected chi connectivity index (χ3v) is 2.99. The highest BCUT2D eigenvalue weighted by Gasteiger charge is 2.16. The van der Waals surface area contributed by atoms with E-state index in [0.717, 1.165) is 5.39 Å². The minimum Gasteiger partial charge on any atom is -0.475 e. The number of aromatic nitrogens is 2. The van der Waals surface area contributed by atoms with Crippen LogP contribution in [0.15, 0.2) is 34.9 Å². The second-order valence-electron chi connectivity index (χ2n) is 4.17. The summed E-state index contributed by atoms with van der Waals surface area (Å²) in [5.41, 5.74) is 1.77. The zero-order valence-corrected chi connectivity index (χ0v) is 9.92. The van der Waals surface area contributed by atoms with Gasteiger partial charge in [-0.3, -0.25) is 0 Å². The smallest absolute Gasteiger partial charge is 0.374 e. The first-order valence-electron chi connectivity index (χ1n) is 5.51. The Morgan fingerprint density at radius 2 is 2.16 bits per heavy atom. The quantitative estimate of drug-likeness (QED) is 0.769. The number of carboxylic acids is 1. The summed E-state index contributed by atoms with van der Waals surface area (Å²) in [5, 5.41) is 13.4. The van der Waals surface area contributed by atoms with Gasteiger partial charge in [0.25, 0.3) is 0 Å². The Hall–Kier alpha value is -2.63. The molecule has 0 aliphatic heterocycles. The standard InChI is InChI=1S/C13H9FN2O3/c1-16-10-5-8(14)3-2-7(10)4-11(16)9-6-12(13(17)18)19-15-9/h2-6H,1H3,(H,17,18). The second-order valence-corrected chi connectivity index (χ2v) is 4.17. The molecule has 2 heterocycles. The molecule has 0 bridgehead atoms. The Balaban J connectivity index is 2.19. The van der Waals surface area contributed by atoms with Crippen molar-refractivity contribution in [2.24, 2.45) is 7.05 Å². The number of hydrogen-bond donors (Lipinski definition) is 1. The zero-order valence-electron chi connectivity index (χ0n) is 9.92. The van der Waals surface area contributed by atoms with Gasteiger partial charge in [-0.1, -0.05) is 5.16 Å². The minimum atomic E-state index is -1.18. The molecule has 1 N–H and O–H groups in total. The molecule has 5 nitrogen and oxygen atoms in total. The average Bonchev–Trinajstić information content (AvgIpc) is 2.95. The van der Waals surface area contributed by atoms with Crippen molar-refractivity contribution in [1.29, 1.82) is 0 Å². The maximum Gasteiger partial charge on any atom is 0.374 e. The predicted octanol–water partition coefficient (Wildman–Crippen LogP) is 2.67. The summed E-state index contributed by atoms with van der Waals surface area (Å²) in [6.45, 7) is 0. The summed E-state index contributed by atoms with van der Waals surface area (Å²) >= 11 is 0. The molecule has 0 saturated carbocycles. The van der Waals surface area contributed by atoms with E-state index in [1.165, 1.54) is 18.2 Å². The molecule has 2 aromatic heterocycles. The molecule has 0 unspecified atom stereocenters. The maximum atomic E-state index is 13.2. The van der Waals surface area contributed by atoms with E-state index in [1.54, 1.807) is 23.7 Å². The highest BCUT2D eigenvalue weighted by Crippen LogP contribution is 2.27. The SMILES string of the molecule is Cn1c(-c2cc(C(=O)O)on2)cc2ccc(F)cc21. The van der Waals surface area contributed by atoms with Crippen molar-refractivity contribution in [3.8, 4) is 11.4 Å². The first kappa shape index (κ1) is 11.5. The van der Waals surface area contributed by atoms with Crippen LogP contribution in [0.25, 0.3) is 22.3 Å². The van der Waals surface area contributed by atoms with Crippen LogP contribution in [0.5, 0.6) is 0 Å². The van der Waals surface area contributed by atoms with E-state index in [2.05, 4.69) is 5.16 Å². The van der Waals surface area contributed by atoms with Gasteiger partial charge < -0.3 is 14.2 Å². The molecule has 3 rings (SSSR count). The van der Waals surface area contributed by atoms with Crippen molar-refractivity contribution in [1.82, 2.24) is 9.72 Å². The number of aryl methyl sites for hydroxylation is 1. The summed E-state index contributed by atoms with van der Waals surface area (Å²) in [6, 6.07) is 7.59. The number of benzene rings is 1. The summed E-state index contributed by atoms with van der Waals surface area (Å²) in [7, 11) is 1.76. The fourth-order valence-corrected chi connectivity index (χ4v) is 2.05. The lowest BCUT2D eigenvalue weighted by Crippen LogP contribution is -1.93. The van der Waals surface area contributed by atoms with Crippen LogP contribution in [0.2, 0.25) is 0 Å². The normalized spacial score (nSPS) is 11.1. The molecular weight excluding hydrogens is 251 g/mol. The van der Waals surface area contributed by atoms with Gasteiger partial charge in [0.15, 0.2) is 0 Å². The summed E-state index contributed by atoms with van der Waals surface area (Å²) in [5.74, 6) is -1.73. The van der Waals surface area contributed by atoms with Gasteiger partial charge in [-0.25, -0.2) is 9.18 Å². The number of hydrogen-bond acceptors (Lipinski definition) is 3. The molecule has 0 saturated heterocycles. The molecule has 1 aromatic carbocycles. The summed E-state index contributed by atoms with van der Waals surface area (Å²) < 4.78 is 19.7. The number of carboxylic acid groups (broad SMARTS) is 1. The monoisotopic (exact) mass is 260 g/mol. The first-order chi connectivity index (χ1) is 9.06. The van der Waals surface area contributed by atoms with Crippen LogP contribution in [-0.4, -0.2) is 20.8 Å². The lowest BCUT2D eigenvalue weighted by molar-refractivity contribution is 0.0652. The van der Waals surface area contributed by atoms with Crippen LogP contribution in [0.4, 0.5) is 4.39 Å². The van der Waals surface area contributed by atoms with Crippen LogP contribution < -0.4 is 0 Å². The second kappa shape index (κ2) is 3.94. The Kier molecular flexibility index (Phi) is 2.38. The van der Waals surface area contributed by atoms with E-state index in [4.69, 9.17) is 9.63 Å². The van der Waals surface area contributed by atoms with Gasteiger partial charge in [0.2, 0.25) is 5.76 Å². The van der Waals surface area contributed by atoms with E-state index < -0.39 is 5.97 Å². The third kappa shape index (κ3) is 1.77.